The van der Waals surface area contributed by atoms with Crippen LogP contribution >= 0.6 is 0 Å². The second kappa shape index (κ2) is 6.49. The summed E-state index contributed by atoms with van der Waals surface area (Å²) in [6.07, 6.45) is 0.785. The van der Waals surface area contributed by atoms with Gasteiger partial charge in [-0.05, 0) is 12.1 Å². The van der Waals surface area contributed by atoms with Gasteiger partial charge in [0.1, 0.15) is 12.2 Å². The molecule has 1 aromatic rings. The number of rotatable bonds is 5. The minimum Gasteiger partial charge on any atom is -0.478 e. The van der Waals surface area contributed by atoms with Crippen molar-refractivity contribution in [2.75, 3.05) is 26.4 Å². The molecule has 5 heteroatoms. The lowest BCUT2D eigenvalue weighted by Crippen LogP contribution is -2.06. The van der Waals surface area contributed by atoms with E-state index in [9.17, 15) is 4.79 Å². The van der Waals surface area contributed by atoms with E-state index in [0.717, 1.165) is 26.4 Å². The molecule has 0 aliphatic carbocycles. The summed E-state index contributed by atoms with van der Waals surface area (Å²) >= 11 is 0. The average Bonchev–Trinajstić information content (AvgIpc) is 3.26. The number of aromatic carboxylic acids is 1. The largest absolute Gasteiger partial charge is 0.478 e. The summed E-state index contributed by atoms with van der Waals surface area (Å²) in [5.41, 5.74) is 0.331. The highest BCUT2D eigenvalue weighted by molar-refractivity contribution is 5.87. The molecule has 0 amide bonds. The number of carbonyl (C=O) groups is 1. The molecular formula is C13H16O5. The van der Waals surface area contributed by atoms with Crippen LogP contribution in [0.1, 0.15) is 10.4 Å². The van der Waals surface area contributed by atoms with Crippen LogP contribution in [-0.4, -0.2) is 49.7 Å². The number of carboxylic acid groups (broad SMARTS) is 1. The minimum absolute atomic E-state index is 0.331. The van der Waals surface area contributed by atoms with Crippen LogP contribution in [0, 0.1) is 0 Å². The second-order valence-corrected chi connectivity index (χ2v) is 4.12. The molecule has 3 rings (SSSR count). The van der Waals surface area contributed by atoms with Gasteiger partial charge in [0, 0.05) is 0 Å². The first-order valence-corrected chi connectivity index (χ1v) is 5.85. The zero-order chi connectivity index (χ0) is 12.8. The van der Waals surface area contributed by atoms with Gasteiger partial charge in [0.15, 0.2) is 0 Å². The molecule has 2 aliphatic rings. The Hall–Kier alpha value is -1.43. The Labute approximate surface area is 105 Å². The maximum atomic E-state index is 10.2. The molecule has 0 bridgehead atoms. The van der Waals surface area contributed by atoms with E-state index in [1.165, 1.54) is 0 Å². The number of epoxide rings is 2. The lowest BCUT2D eigenvalue weighted by molar-refractivity contribution is 0.0697. The highest BCUT2D eigenvalue weighted by atomic mass is 16.6. The molecule has 1 N–H and O–H groups in total. The van der Waals surface area contributed by atoms with E-state index in [-0.39, 0.29) is 0 Å². The van der Waals surface area contributed by atoms with Gasteiger partial charge in [-0.25, -0.2) is 4.79 Å². The standard InChI is InChI=1S/C7H6O2.C6H10O3/c8-7(9)6-4-2-1-3-5-6;1(5-3-8-5)7-2-6-4-9-6/h1-5H,(H,8,9);5-6H,1-4H2. The molecule has 0 aromatic heterocycles. The molecule has 2 heterocycles. The summed E-state index contributed by atoms with van der Waals surface area (Å²) in [4.78, 5) is 10.2. The number of hydrogen-bond donors (Lipinski definition) is 1. The normalized spacial score (nSPS) is 23.8. The first-order valence-electron chi connectivity index (χ1n) is 5.85. The van der Waals surface area contributed by atoms with Crippen LogP contribution in [0.4, 0.5) is 0 Å². The zero-order valence-corrected chi connectivity index (χ0v) is 9.95. The van der Waals surface area contributed by atoms with Crippen molar-refractivity contribution in [2.45, 2.75) is 12.2 Å². The highest BCUT2D eigenvalue weighted by Crippen LogP contribution is 2.12. The Morgan fingerprint density at radius 2 is 1.67 bits per heavy atom. The third kappa shape index (κ3) is 5.27. The highest BCUT2D eigenvalue weighted by Gasteiger charge is 2.26. The number of carboxylic acids is 1. The molecule has 5 nitrogen and oxygen atoms in total. The molecular weight excluding hydrogens is 236 g/mol. The maximum Gasteiger partial charge on any atom is 0.335 e. The van der Waals surface area contributed by atoms with Crippen LogP contribution in [0.2, 0.25) is 0 Å². The van der Waals surface area contributed by atoms with E-state index in [1.807, 2.05) is 0 Å². The van der Waals surface area contributed by atoms with Crippen molar-refractivity contribution in [1.82, 2.24) is 0 Å². The van der Waals surface area contributed by atoms with Crippen LogP contribution in [0.25, 0.3) is 0 Å². The van der Waals surface area contributed by atoms with E-state index < -0.39 is 5.97 Å². The molecule has 1 aromatic carbocycles. The van der Waals surface area contributed by atoms with Crippen LogP contribution in [0.3, 0.4) is 0 Å². The molecule has 2 fully saturated rings. The molecule has 0 spiro atoms. The molecule has 2 saturated heterocycles. The summed E-state index contributed by atoms with van der Waals surface area (Å²) in [5, 5.41) is 8.38. The lowest BCUT2D eigenvalue weighted by atomic mass is 10.2. The van der Waals surface area contributed by atoms with Crippen LogP contribution in [0.5, 0.6) is 0 Å². The lowest BCUT2D eigenvalue weighted by Gasteiger charge is -1.95. The van der Waals surface area contributed by atoms with Gasteiger partial charge in [0.05, 0.1) is 32.0 Å². The van der Waals surface area contributed by atoms with Crippen molar-refractivity contribution >= 4 is 5.97 Å². The predicted octanol–water partition coefficient (Wildman–Crippen LogP) is 1.19. The van der Waals surface area contributed by atoms with Crippen LogP contribution in [0.15, 0.2) is 30.3 Å². The van der Waals surface area contributed by atoms with Crippen molar-refractivity contribution in [3.63, 3.8) is 0 Å². The van der Waals surface area contributed by atoms with Crippen molar-refractivity contribution in [3.05, 3.63) is 35.9 Å². The molecule has 98 valence electrons. The van der Waals surface area contributed by atoms with Gasteiger partial charge in [-0.15, -0.1) is 0 Å². The van der Waals surface area contributed by atoms with Gasteiger partial charge in [0.2, 0.25) is 0 Å². The van der Waals surface area contributed by atoms with Crippen molar-refractivity contribution < 1.29 is 24.1 Å². The summed E-state index contributed by atoms with van der Waals surface area (Å²) in [5.74, 6) is -0.879. The van der Waals surface area contributed by atoms with Gasteiger partial charge in [-0.2, -0.15) is 0 Å². The Morgan fingerprint density at radius 1 is 1.17 bits per heavy atom. The van der Waals surface area contributed by atoms with Gasteiger partial charge in [-0.1, -0.05) is 18.2 Å². The maximum absolute atomic E-state index is 10.2. The van der Waals surface area contributed by atoms with Gasteiger partial charge in [-0.3, -0.25) is 0 Å². The Kier molecular flexibility index (Phi) is 4.69. The van der Waals surface area contributed by atoms with Gasteiger partial charge < -0.3 is 19.3 Å². The summed E-state index contributed by atoms with van der Waals surface area (Å²) in [7, 11) is 0. The minimum atomic E-state index is -0.879. The fraction of sp³-hybridized carbons (Fsp3) is 0.462. The first-order chi connectivity index (χ1) is 8.75. The fourth-order valence-corrected chi connectivity index (χ4v) is 1.24. The summed E-state index contributed by atoms with van der Waals surface area (Å²) < 4.78 is 15.1. The van der Waals surface area contributed by atoms with Gasteiger partial charge >= 0.3 is 5.97 Å². The van der Waals surface area contributed by atoms with E-state index in [2.05, 4.69) is 0 Å². The van der Waals surface area contributed by atoms with Crippen molar-refractivity contribution in [1.29, 1.82) is 0 Å². The van der Waals surface area contributed by atoms with Crippen LogP contribution < -0.4 is 0 Å². The third-order valence-electron chi connectivity index (χ3n) is 2.43. The predicted molar refractivity (Wildman–Crippen MR) is 63.7 cm³/mol. The monoisotopic (exact) mass is 252 g/mol. The Morgan fingerprint density at radius 3 is 2.00 bits per heavy atom. The molecule has 0 saturated carbocycles. The number of ether oxygens (including phenoxy) is 3. The van der Waals surface area contributed by atoms with Crippen molar-refractivity contribution in [2.24, 2.45) is 0 Å². The molecule has 2 atom stereocenters. The fourth-order valence-electron chi connectivity index (χ4n) is 1.24. The second-order valence-electron chi connectivity index (χ2n) is 4.12. The number of benzene rings is 1. The smallest absolute Gasteiger partial charge is 0.335 e. The number of hydrogen-bond acceptors (Lipinski definition) is 4. The van der Waals surface area contributed by atoms with Gasteiger partial charge in [0.25, 0.3) is 0 Å². The Balaban J connectivity index is 0.000000134. The van der Waals surface area contributed by atoms with Crippen molar-refractivity contribution in [3.8, 4) is 0 Å². The molecule has 18 heavy (non-hydrogen) atoms. The quantitative estimate of drug-likeness (QED) is 0.797. The Bertz CT molecular complexity index is 358. The van der Waals surface area contributed by atoms with Crippen LogP contribution in [-0.2, 0) is 14.2 Å². The third-order valence-corrected chi connectivity index (χ3v) is 2.43. The van der Waals surface area contributed by atoms with E-state index in [1.54, 1.807) is 30.3 Å². The summed E-state index contributed by atoms with van der Waals surface area (Å²) in [6.45, 7) is 3.26. The first kappa shape index (κ1) is 13.0. The van der Waals surface area contributed by atoms with E-state index in [4.69, 9.17) is 19.3 Å². The summed E-state index contributed by atoms with van der Waals surface area (Å²) in [6, 6.07) is 8.30. The zero-order valence-electron chi connectivity index (χ0n) is 9.95. The van der Waals surface area contributed by atoms with E-state index >= 15 is 0 Å². The average molecular weight is 252 g/mol. The molecule has 2 aliphatic heterocycles. The molecule has 0 radical (unpaired) electrons. The topological polar surface area (TPSA) is 71.6 Å². The van der Waals surface area contributed by atoms with E-state index in [0.29, 0.717) is 17.8 Å². The SMILES string of the molecule is C(OCC1CO1)C1CO1.O=C(O)c1ccccc1. The molecule has 2 unspecified atom stereocenters.